The van der Waals surface area contributed by atoms with Gasteiger partial charge in [0.1, 0.15) is 18.7 Å². The summed E-state index contributed by atoms with van der Waals surface area (Å²) in [5, 5.41) is 20.7. The largest absolute Gasteiger partial charge is 0.458 e. The third kappa shape index (κ3) is 6.77. The summed E-state index contributed by atoms with van der Waals surface area (Å²) in [4.78, 5) is 95.6. The van der Waals surface area contributed by atoms with Crippen molar-refractivity contribution in [2.24, 2.45) is 5.92 Å². The van der Waals surface area contributed by atoms with Crippen LogP contribution >= 0.6 is 0 Å². The molecule has 1 aliphatic carbocycles. The van der Waals surface area contributed by atoms with Crippen LogP contribution in [0.1, 0.15) is 94.0 Å². The number of aliphatic hydroxyl groups is 1. The molecular formula is C41H46N6O9. The first-order valence-electron chi connectivity index (χ1n) is 19.3. The summed E-state index contributed by atoms with van der Waals surface area (Å²) in [6, 6.07) is 3.51. The number of hydrogen-bond acceptors (Lipinski definition) is 10. The molecule has 15 nitrogen and oxygen atoms in total. The van der Waals surface area contributed by atoms with Crippen molar-refractivity contribution in [2.45, 2.75) is 110 Å². The van der Waals surface area contributed by atoms with Gasteiger partial charge in [-0.1, -0.05) is 27.2 Å². The molecule has 294 valence electrons. The fraction of sp³-hybridized carbons (Fsp3) is 0.463. The standard InChI is InChI=1S/C41H46N6O9/c1-5-41(55)27-18-30-36-25(19-47(30)39(53)26(27)20-56-40(41)54)23-10-9-11-24-28(13-14-29(43-36)34(23)24)44-37(51)22(4)42-38(52)35(21(2)3)45-31(48)12-7-6-8-17-46-32(49)15-16-33(46)50/h13-16,18,21-22,35,55H,5-12,17,19-20H2,1-4H3,(H,42,52)(H,44,51)(H,45,48)/t22?,35?,41-/m0/s1. The summed E-state index contributed by atoms with van der Waals surface area (Å²) in [6.45, 7) is 7.21. The first-order valence-corrected chi connectivity index (χ1v) is 19.3. The molecule has 4 aliphatic rings. The van der Waals surface area contributed by atoms with Crippen LogP contribution in [0.4, 0.5) is 5.69 Å². The molecule has 5 heterocycles. The predicted molar refractivity (Wildman–Crippen MR) is 204 cm³/mol. The number of nitrogens with one attached hydrogen (secondary N) is 3. The van der Waals surface area contributed by atoms with Crippen molar-refractivity contribution in [1.82, 2.24) is 25.1 Å². The SMILES string of the molecule is CC[C@@]1(O)C(=O)OCc2c1cc1n(c2=O)Cc2c-1nc1ccc(NC(=O)C(C)NC(=O)C(NC(=O)CCCCCN3C(=O)C=CC3=O)C(C)C)c3c1c2CCC3. The Morgan fingerprint density at radius 1 is 0.929 bits per heavy atom. The fourth-order valence-corrected chi connectivity index (χ4v) is 8.21. The Kier molecular flexibility index (Phi) is 10.4. The molecule has 15 heteroatoms. The molecule has 3 aromatic rings. The lowest BCUT2D eigenvalue weighted by atomic mass is 9.85. The van der Waals surface area contributed by atoms with Crippen LogP contribution in [0.2, 0.25) is 0 Å². The van der Waals surface area contributed by atoms with Gasteiger partial charge in [-0.2, -0.15) is 0 Å². The number of cyclic esters (lactones) is 1. The van der Waals surface area contributed by atoms with E-state index in [1.54, 1.807) is 44.4 Å². The Morgan fingerprint density at radius 3 is 2.38 bits per heavy atom. The van der Waals surface area contributed by atoms with Gasteiger partial charge in [0.15, 0.2) is 5.60 Å². The van der Waals surface area contributed by atoms with Crippen LogP contribution in [0.25, 0.3) is 22.3 Å². The van der Waals surface area contributed by atoms with Gasteiger partial charge in [-0.3, -0.25) is 33.7 Å². The maximum absolute atomic E-state index is 13.7. The maximum atomic E-state index is 13.7. The van der Waals surface area contributed by atoms with E-state index < -0.39 is 35.5 Å². The molecule has 5 amide bonds. The lowest BCUT2D eigenvalue weighted by Gasteiger charge is -2.31. The number of esters is 1. The minimum Gasteiger partial charge on any atom is -0.458 e. The molecule has 0 saturated heterocycles. The first kappa shape index (κ1) is 38.6. The zero-order chi connectivity index (χ0) is 40.1. The van der Waals surface area contributed by atoms with Gasteiger partial charge in [-0.15, -0.1) is 0 Å². The Morgan fingerprint density at radius 2 is 1.66 bits per heavy atom. The number of fused-ring (bicyclic) bond motifs is 5. The highest BCUT2D eigenvalue weighted by atomic mass is 16.6. The molecule has 0 bridgehead atoms. The number of nitrogens with zero attached hydrogens (tertiary/aromatic N) is 3. The van der Waals surface area contributed by atoms with Crippen LogP contribution in [0.15, 0.2) is 35.1 Å². The van der Waals surface area contributed by atoms with Gasteiger partial charge >= 0.3 is 5.97 Å². The average Bonchev–Trinajstić information content (AvgIpc) is 3.71. The van der Waals surface area contributed by atoms with Gasteiger partial charge < -0.3 is 30.4 Å². The summed E-state index contributed by atoms with van der Waals surface area (Å²) < 4.78 is 6.83. The highest BCUT2D eigenvalue weighted by Crippen LogP contribution is 2.43. The molecule has 2 aromatic heterocycles. The number of unbranched alkanes of at least 4 members (excludes halogenated alkanes) is 2. The second-order valence-corrected chi connectivity index (χ2v) is 15.3. The van der Waals surface area contributed by atoms with Crippen molar-refractivity contribution < 1.29 is 38.6 Å². The van der Waals surface area contributed by atoms with Crippen LogP contribution in [0.5, 0.6) is 0 Å². The number of aromatic nitrogens is 2. The number of aryl methyl sites for hydroxylation is 2. The molecule has 1 aromatic carbocycles. The van der Waals surface area contributed by atoms with Crippen LogP contribution in [-0.4, -0.2) is 73.7 Å². The molecule has 2 unspecified atom stereocenters. The highest BCUT2D eigenvalue weighted by Gasteiger charge is 2.45. The van der Waals surface area contributed by atoms with E-state index in [1.165, 1.54) is 12.2 Å². The Balaban J connectivity index is 1.02. The number of anilines is 1. The van der Waals surface area contributed by atoms with E-state index in [4.69, 9.17) is 9.72 Å². The van der Waals surface area contributed by atoms with Crippen LogP contribution in [0.3, 0.4) is 0 Å². The second-order valence-electron chi connectivity index (χ2n) is 15.3. The van der Waals surface area contributed by atoms with Gasteiger partial charge in [0.2, 0.25) is 17.7 Å². The number of carbonyl (C=O) groups excluding carboxylic acids is 6. The monoisotopic (exact) mass is 766 g/mol. The number of amides is 5. The summed E-state index contributed by atoms with van der Waals surface area (Å²) in [5.74, 6) is -2.93. The summed E-state index contributed by atoms with van der Waals surface area (Å²) >= 11 is 0. The molecule has 0 saturated carbocycles. The van der Waals surface area contributed by atoms with Crippen molar-refractivity contribution in [2.75, 3.05) is 11.9 Å². The number of carbonyl (C=O) groups is 6. The zero-order valence-corrected chi connectivity index (χ0v) is 32.0. The number of pyridine rings is 2. The van der Waals surface area contributed by atoms with Crippen molar-refractivity contribution in [3.05, 3.63) is 68.5 Å². The van der Waals surface area contributed by atoms with E-state index >= 15 is 0 Å². The Labute approximate surface area is 322 Å². The van der Waals surface area contributed by atoms with Crippen molar-refractivity contribution >= 4 is 52.1 Å². The number of hydrogen-bond donors (Lipinski definition) is 4. The molecule has 3 aliphatic heterocycles. The van der Waals surface area contributed by atoms with E-state index in [-0.39, 0.29) is 72.9 Å². The number of imide groups is 1. The normalized spacial score (nSPS) is 19.0. The summed E-state index contributed by atoms with van der Waals surface area (Å²) in [6.07, 6.45) is 6.61. The van der Waals surface area contributed by atoms with Crippen LogP contribution in [0, 0.1) is 5.92 Å². The van der Waals surface area contributed by atoms with E-state index in [1.807, 2.05) is 6.07 Å². The summed E-state index contributed by atoms with van der Waals surface area (Å²) in [5.41, 5.74) is 3.57. The number of rotatable bonds is 13. The quantitative estimate of drug-likeness (QED) is 0.0890. The third-order valence-electron chi connectivity index (χ3n) is 11.4. The van der Waals surface area contributed by atoms with Crippen molar-refractivity contribution in [3.8, 4) is 11.4 Å². The molecule has 3 atom stereocenters. The lowest BCUT2D eigenvalue weighted by Crippen LogP contribution is -2.53. The molecule has 0 fully saturated rings. The summed E-state index contributed by atoms with van der Waals surface area (Å²) in [7, 11) is 0. The van der Waals surface area contributed by atoms with E-state index in [2.05, 4.69) is 16.0 Å². The van der Waals surface area contributed by atoms with E-state index in [9.17, 15) is 38.7 Å². The fourth-order valence-electron chi connectivity index (χ4n) is 8.21. The zero-order valence-electron chi connectivity index (χ0n) is 32.0. The molecule has 7 rings (SSSR count). The Bertz CT molecular complexity index is 2280. The van der Waals surface area contributed by atoms with Crippen LogP contribution in [-0.2, 0) is 65.1 Å². The van der Waals surface area contributed by atoms with Crippen molar-refractivity contribution in [3.63, 3.8) is 0 Å². The van der Waals surface area contributed by atoms with Crippen LogP contribution < -0.4 is 21.5 Å². The second kappa shape index (κ2) is 15.1. The lowest BCUT2D eigenvalue weighted by molar-refractivity contribution is -0.172. The van der Waals surface area contributed by atoms with Gasteiger partial charge in [-0.05, 0) is 80.7 Å². The number of ether oxygens (including phenoxy) is 1. The predicted octanol–water partition coefficient (Wildman–Crippen LogP) is 2.64. The maximum Gasteiger partial charge on any atom is 0.343 e. The average molecular weight is 767 g/mol. The molecule has 0 radical (unpaired) electrons. The molecule has 0 spiro atoms. The van der Waals surface area contributed by atoms with Gasteiger partial charge in [0.05, 0.1) is 29.0 Å². The minimum absolute atomic E-state index is 0.0517. The van der Waals surface area contributed by atoms with Crippen molar-refractivity contribution in [1.29, 1.82) is 0 Å². The van der Waals surface area contributed by atoms with Gasteiger partial charge in [-0.25, -0.2) is 9.78 Å². The molecular weight excluding hydrogens is 720 g/mol. The Hall–Kier alpha value is -5.70. The first-order chi connectivity index (χ1) is 26.7. The van der Waals surface area contributed by atoms with Gasteiger partial charge in [0, 0.05) is 47.3 Å². The van der Waals surface area contributed by atoms with E-state index in [0.29, 0.717) is 48.3 Å². The number of benzene rings is 1. The van der Waals surface area contributed by atoms with Gasteiger partial charge in [0.25, 0.3) is 17.4 Å². The minimum atomic E-state index is -1.92. The smallest absolute Gasteiger partial charge is 0.343 e. The third-order valence-corrected chi connectivity index (χ3v) is 11.4. The molecule has 56 heavy (non-hydrogen) atoms. The highest BCUT2D eigenvalue weighted by molar-refractivity contribution is 6.12. The van der Waals surface area contributed by atoms with E-state index in [0.717, 1.165) is 39.8 Å². The molecule has 4 N–H and O–H groups in total. The topological polar surface area (TPSA) is 206 Å².